The van der Waals surface area contributed by atoms with Gasteiger partial charge in [0.05, 0.1) is 0 Å². The lowest BCUT2D eigenvalue weighted by Crippen LogP contribution is -2.30. The van der Waals surface area contributed by atoms with Crippen LogP contribution >= 0.6 is 0 Å². The Morgan fingerprint density at radius 3 is 2.47 bits per heavy atom. The Hall–Kier alpha value is -1.39. The molecule has 0 fully saturated rings. The Labute approximate surface area is 114 Å². The lowest BCUT2D eigenvalue weighted by molar-refractivity contribution is 0.527. The minimum absolute atomic E-state index is 0.113. The fourth-order valence-corrected chi connectivity index (χ4v) is 1.84. The average molecular weight is 271 g/mol. The topological polar surface area (TPSA) is 28.2 Å². The van der Waals surface area contributed by atoms with Crippen LogP contribution in [0.2, 0.25) is 0 Å². The molecule has 1 aromatic rings. The molecule has 1 rings (SSSR count). The van der Waals surface area contributed by atoms with Gasteiger partial charge in [-0.15, -0.1) is 0 Å². The predicted molar refractivity (Wildman–Crippen MR) is 75.7 cm³/mol. The molecule has 0 saturated heterocycles. The minimum Gasteiger partial charge on any atom is -0.368 e. The van der Waals surface area contributed by atoms with Crippen molar-refractivity contribution in [1.82, 2.24) is 4.98 Å². The summed E-state index contributed by atoms with van der Waals surface area (Å²) in [5, 5.41) is 2.81. The van der Waals surface area contributed by atoms with Crippen LogP contribution < -0.4 is 10.2 Å². The van der Waals surface area contributed by atoms with Gasteiger partial charge in [0.2, 0.25) is 0 Å². The van der Waals surface area contributed by atoms with Gasteiger partial charge >= 0.3 is 0 Å². The molecule has 0 radical (unpaired) electrons. The Kier molecular flexibility index (Phi) is 5.99. The third kappa shape index (κ3) is 4.04. The van der Waals surface area contributed by atoms with E-state index in [9.17, 15) is 8.78 Å². The lowest BCUT2D eigenvalue weighted by Gasteiger charge is -2.26. The van der Waals surface area contributed by atoms with Gasteiger partial charge in [-0.2, -0.15) is 0 Å². The molecule has 0 aromatic carbocycles. The van der Waals surface area contributed by atoms with Crippen molar-refractivity contribution in [1.29, 1.82) is 0 Å². The van der Waals surface area contributed by atoms with E-state index in [1.54, 1.807) is 0 Å². The second-order valence-corrected chi connectivity index (χ2v) is 4.71. The summed E-state index contributed by atoms with van der Waals surface area (Å²) in [7, 11) is 0. The highest BCUT2D eigenvalue weighted by Crippen LogP contribution is 2.23. The van der Waals surface area contributed by atoms with E-state index in [2.05, 4.69) is 24.1 Å². The first-order valence-electron chi connectivity index (χ1n) is 6.88. The summed E-state index contributed by atoms with van der Waals surface area (Å²) in [5.41, 5.74) is 0. The second-order valence-electron chi connectivity index (χ2n) is 4.71. The van der Waals surface area contributed by atoms with Crippen molar-refractivity contribution >= 4 is 11.6 Å². The molecule has 0 aliphatic heterocycles. The number of halogens is 2. The Balaban J connectivity index is 3.05. The highest BCUT2D eigenvalue weighted by Gasteiger charge is 2.17. The largest absolute Gasteiger partial charge is 0.368 e. The van der Waals surface area contributed by atoms with E-state index < -0.39 is 11.6 Å². The van der Waals surface area contributed by atoms with E-state index >= 15 is 0 Å². The Morgan fingerprint density at radius 1 is 1.26 bits per heavy atom. The van der Waals surface area contributed by atoms with Gasteiger partial charge in [0.1, 0.15) is 0 Å². The molecular formula is C14H23F2N3. The second kappa shape index (κ2) is 7.26. The summed E-state index contributed by atoms with van der Waals surface area (Å²) < 4.78 is 27.4. The highest BCUT2D eigenvalue weighted by atomic mass is 19.1. The van der Waals surface area contributed by atoms with E-state index in [0.717, 1.165) is 12.5 Å². The SMILES string of the molecule is CCNc1nc(N(CC)CC(C)CC)c(F)cc1F. The molecule has 0 aliphatic rings. The van der Waals surface area contributed by atoms with Gasteiger partial charge in [-0.05, 0) is 19.8 Å². The number of hydrogen-bond acceptors (Lipinski definition) is 3. The van der Waals surface area contributed by atoms with Crippen LogP contribution in [0.1, 0.15) is 34.1 Å². The Bertz CT molecular complexity index is 410. The quantitative estimate of drug-likeness (QED) is 0.820. The fraction of sp³-hybridized carbons (Fsp3) is 0.643. The molecule has 1 atom stereocenters. The molecule has 108 valence electrons. The maximum Gasteiger partial charge on any atom is 0.168 e. The van der Waals surface area contributed by atoms with Gasteiger partial charge in [-0.25, -0.2) is 13.8 Å². The van der Waals surface area contributed by atoms with Gasteiger partial charge in [0.15, 0.2) is 23.3 Å². The van der Waals surface area contributed by atoms with E-state index in [4.69, 9.17) is 0 Å². The molecule has 0 saturated carbocycles. The summed E-state index contributed by atoms with van der Waals surface area (Å²) in [6.07, 6.45) is 1.01. The molecule has 0 amide bonds. The summed E-state index contributed by atoms with van der Waals surface area (Å²) in [5.74, 6) is -0.484. The number of nitrogens with zero attached hydrogens (tertiary/aromatic N) is 2. The molecule has 1 heterocycles. The first-order chi connectivity index (χ1) is 9.03. The van der Waals surface area contributed by atoms with Gasteiger partial charge in [-0.3, -0.25) is 0 Å². The number of pyridine rings is 1. The zero-order valence-electron chi connectivity index (χ0n) is 12.1. The summed E-state index contributed by atoms with van der Waals surface area (Å²) >= 11 is 0. The van der Waals surface area contributed by atoms with Crippen molar-refractivity contribution in [2.75, 3.05) is 29.9 Å². The molecule has 0 bridgehead atoms. The van der Waals surface area contributed by atoms with Gasteiger partial charge in [-0.1, -0.05) is 20.3 Å². The number of anilines is 2. The summed E-state index contributed by atoms with van der Waals surface area (Å²) in [6, 6.07) is 0.902. The van der Waals surface area contributed by atoms with Crippen LogP contribution in [-0.2, 0) is 0 Å². The van der Waals surface area contributed by atoms with Crippen LogP contribution in [0.15, 0.2) is 6.07 Å². The van der Waals surface area contributed by atoms with Crippen LogP contribution in [0, 0.1) is 17.6 Å². The summed E-state index contributed by atoms with van der Waals surface area (Å²) in [6.45, 7) is 9.90. The number of aromatic nitrogens is 1. The van der Waals surface area contributed by atoms with E-state index in [0.29, 0.717) is 25.6 Å². The van der Waals surface area contributed by atoms with Crippen molar-refractivity contribution in [2.45, 2.75) is 34.1 Å². The van der Waals surface area contributed by atoms with E-state index in [-0.39, 0.29) is 11.6 Å². The zero-order valence-corrected chi connectivity index (χ0v) is 12.1. The van der Waals surface area contributed by atoms with Crippen LogP contribution in [0.3, 0.4) is 0 Å². The van der Waals surface area contributed by atoms with Crippen LogP contribution in [-0.4, -0.2) is 24.6 Å². The highest BCUT2D eigenvalue weighted by molar-refractivity contribution is 5.49. The zero-order chi connectivity index (χ0) is 14.4. The van der Waals surface area contributed by atoms with Crippen molar-refractivity contribution in [3.05, 3.63) is 17.7 Å². The van der Waals surface area contributed by atoms with Crippen molar-refractivity contribution in [3.63, 3.8) is 0 Å². The van der Waals surface area contributed by atoms with E-state index in [1.807, 2.05) is 18.7 Å². The molecule has 3 nitrogen and oxygen atoms in total. The maximum absolute atomic E-state index is 13.9. The third-order valence-corrected chi connectivity index (χ3v) is 3.17. The molecule has 1 aromatic heterocycles. The summed E-state index contributed by atoms with van der Waals surface area (Å²) in [4.78, 5) is 5.94. The lowest BCUT2D eigenvalue weighted by atomic mass is 10.1. The van der Waals surface area contributed by atoms with Crippen LogP contribution in [0.5, 0.6) is 0 Å². The molecule has 0 spiro atoms. The standard InChI is InChI=1S/C14H23F2N3/c1-5-10(4)9-19(7-3)14-12(16)8-11(15)13(18-14)17-6-2/h8,10H,5-7,9H2,1-4H3,(H,17,18). The maximum atomic E-state index is 13.9. The molecular weight excluding hydrogens is 248 g/mol. The average Bonchev–Trinajstić information content (AvgIpc) is 2.39. The molecule has 1 N–H and O–H groups in total. The predicted octanol–water partition coefficient (Wildman–Crippen LogP) is 3.66. The fourth-order valence-electron chi connectivity index (χ4n) is 1.84. The molecule has 5 heteroatoms. The monoisotopic (exact) mass is 271 g/mol. The first kappa shape index (κ1) is 15.7. The third-order valence-electron chi connectivity index (χ3n) is 3.17. The van der Waals surface area contributed by atoms with Gasteiger partial charge in [0.25, 0.3) is 0 Å². The number of rotatable bonds is 7. The minimum atomic E-state index is -0.650. The smallest absolute Gasteiger partial charge is 0.168 e. The molecule has 19 heavy (non-hydrogen) atoms. The van der Waals surface area contributed by atoms with Crippen molar-refractivity contribution in [2.24, 2.45) is 5.92 Å². The van der Waals surface area contributed by atoms with Crippen LogP contribution in [0.4, 0.5) is 20.4 Å². The number of nitrogens with one attached hydrogen (secondary N) is 1. The van der Waals surface area contributed by atoms with Crippen molar-refractivity contribution < 1.29 is 8.78 Å². The Morgan fingerprint density at radius 2 is 1.95 bits per heavy atom. The molecule has 0 aliphatic carbocycles. The number of hydrogen-bond donors (Lipinski definition) is 1. The normalized spacial score (nSPS) is 12.3. The van der Waals surface area contributed by atoms with Crippen molar-refractivity contribution in [3.8, 4) is 0 Å². The molecule has 1 unspecified atom stereocenters. The van der Waals surface area contributed by atoms with Gasteiger partial charge < -0.3 is 10.2 Å². The van der Waals surface area contributed by atoms with Gasteiger partial charge in [0, 0.05) is 25.7 Å². The van der Waals surface area contributed by atoms with E-state index in [1.165, 1.54) is 0 Å². The first-order valence-corrected chi connectivity index (χ1v) is 6.88. The van der Waals surface area contributed by atoms with Crippen LogP contribution in [0.25, 0.3) is 0 Å².